The first-order chi connectivity index (χ1) is 9.84. The topological polar surface area (TPSA) is 38.0 Å². The van der Waals surface area contributed by atoms with Gasteiger partial charge in [0.25, 0.3) is 0 Å². The molecule has 21 heavy (non-hydrogen) atoms. The fourth-order valence-corrected chi connectivity index (χ4v) is 5.50. The minimum absolute atomic E-state index is 0.0229. The van der Waals surface area contributed by atoms with Crippen molar-refractivity contribution in [1.29, 1.82) is 0 Å². The lowest BCUT2D eigenvalue weighted by atomic mass is 9.98. The molecule has 0 aliphatic carbocycles. The molecule has 4 unspecified atom stereocenters. The van der Waals surface area contributed by atoms with Crippen molar-refractivity contribution in [2.75, 3.05) is 5.75 Å². The van der Waals surface area contributed by atoms with Gasteiger partial charge in [-0.3, -0.25) is 11.3 Å². The normalized spacial score (nSPS) is 28.4. The number of nitrogens with one attached hydrogen (secondary N) is 1. The van der Waals surface area contributed by atoms with Gasteiger partial charge >= 0.3 is 6.18 Å². The SMILES string of the molecule is CC1SCC(C(NN)c2ccccc2C(F)(F)F)SC1C. The second kappa shape index (κ2) is 6.81. The van der Waals surface area contributed by atoms with Crippen LogP contribution in [-0.2, 0) is 6.18 Å². The first-order valence-electron chi connectivity index (χ1n) is 6.74. The molecule has 7 heteroatoms. The van der Waals surface area contributed by atoms with Gasteiger partial charge in [-0.1, -0.05) is 32.0 Å². The van der Waals surface area contributed by atoms with Crippen molar-refractivity contribution in [2.45, 2.75) is 41.8 Å². The van der Waals surface area contributed by atoms with Crippen molar-refractivity contribution in [3.8, 4) is 0 Å². The standard InChI is InChI=1S/C14H19F3N2S2/c1-8-9(2)21-12(7-20-8)13(19-18)10-5-3-4-6-11(10)14(15,16)17/h3-6,8-9,12-13,19H,7,18H2,1-2H3. The lowest BCUT2D eigenvalue weighted by Gasteiger charge is -2.36. The van der Waals surface area contributed by atoms with Crippen LogP contribution in [0.4, 0.5) is 13.2 Å². The zero-order valence-corrected chi connectivity index (χ0v) is 13.5. The maximum Gasteiger partial charge on any atom is 0.416 e. The van der Waals surface area contributed by atoms with E-state index < -0.39 is 17.8 Å². The first kappa shape index (κ1) is 17.0. The van der Waals surface area contributed by atoms with Crippen LogP contribution in [0.1, 0.15) is 31.0 Å². The van der Waals surface area contributed by atoms with Gasteiger partial charge in [-0.05, 0) is 11.6 Å². The molecule has 4 atom stereocenters. The molecular formula is C14H19F3N2S2. The van der Waals surface area contributed by atoms with Gasteiger partial charge in [-0.25, -0.2) is 0 Å². The summed E-state index contributed by atoms with van der Waals surface area (Å²) in [6.07, 6.45) is -4.36. The Morgan fingerprint density at radius 1 is 1.24 bits per heavy atom. The van der Waals surface area contributed by atoms with Gasteiger partial charge in [-0.15, -0.1) is 0 Å². The summed E-state index contributed by atoms with van der Waals surface area (Å²) >= 11 is 3.50. The second-order valence-corrected chi connectivity index (χ2v) is 8.18. The number of halogens is 3. The molecule has 3 N–H and O–H groups in total. The Morgan fingerprint density at radius 2 is 1.90 bits per heavy atom. The number of hydrogen-bond donors (Lipinski definition) is 2. The third-order valence-corrected chi connectivity index (χ3v) is 7.22. The molecule has 1 saturated heterocycles. The molecule has 2 rings (SSSR count). The van der Waals surface area contributed by atoms with Gasteiger partial charge < -0.3 is 0 Å². The Bertz CT molecular complexity index is 482. The van der Waals surface area contributed by atoms with Crippen LogP contribution in [0.5, 0.6) is 0 Å². The van der Waals surface area contributed by atoms with Gasteiger partial charge in [0.2, 0.25) is 0 Å². The van der Waals surface area contributed by atoms with Gasteiger partial charge in [0.1, 0.15) is 0 Å². The minimum Gasteiger partial charge on any atom is -0.271 e. The molecule has 0 radical (unpaired) electrons. The maximum absolute atomic E-state index is 13.2. The Balaban J connectivity index is 2.30. The third kappa shape index (κ3) is 3.88. The van der Waals surface area contributed by atoms with Crippen LogP contribution in [0.3, 0.4) is 0 Å². The summed E-state index contributed by atoms with van der Waals surface area (Å²) in [6, 6.07) is 5.16. The van der Waals surface area contributed by atoms with E-state index in [-0.39, 0.29) is 10.8 Å². The Morgan fingerprint density at radius 3 is 2.48 bits per heavy atom. The summed E-state index contributed by atoms with van der Waals surface area (Å²) in [4.78, 5) is 0. The summed E-state index contributed by atoms with van der Waals surface area (Å²) in [7, 11) is 0. The van der Waals surface area contributed by atoms with Gasteiger partial charge in [-0.2, -0.15) is 36.7 Å². The van der Waals surface area contributed by atoms with E-state index in [1.54, 1.807) is 29.6 Å². The summed E-state index contributed by atoms with van der Waals surface area (Å²) in [6.45, 7) is 4.25. The Labute approximate surface area is 131 Å². The van der Waals surface area contributed by atoms with Crippen molar-refractivity contribution >= 4 is 23.5 Å². The highest BCUT2D eigenvalue weighted by Crippen LogP contribution is 2.43. The first-order valence-corrected chi connectivity index (χ1v) is 8.73. The summed E-state index contributed by atoms with van der Waals surface area (Å²) in [5, 5.41) is 0.917. The van der Waals surface area contributed by atoms with E-state index in [1.165, 1.54) is 12.1 Å². The van der Waals surface area contributed by atoms with Crippen LogP contribution in [0.2, 0.25) is 0 Å². The average Bonchev–Trinajstić information content (AvgIpc) is 2.43. The average molecular weight is 336 g/mol. The molecule has 2 nitrogen and oxygen atoms in total. The number of nitrogens with two attached hydrogens (primary N) is 1. The molecule has 1 aromatic carbocycles. The van der Waals surface area contributed by atoms with E-state index in [4.69, 9.17) is 5.84 Å². The molecule has 1 aromatic rings. The predicted molar refractivity (Wildman–Crippen MR) is 84.3 cm³/mol. The highest BCUT2D eigenvalue weighted by Gasteiger charge is 2.38. The smallest absolute Gasteiger partial charge is 0.271 e. The van der Waals surface area contributed by atoms with Crippen LogP contribution >= 0.6 is 23.5 Å². The van der Waals surface area contributed by atoms with Crippen molar-refractivity contribution in [2.24, 2.45) is 5.84 Å². The molecule has 0 spiro atoms. The molecule has 0 aromatic heterocycles. The molecular weight excluding hydrogens is 317 g/mol. The van der Waals surface area contributed by atoms with E-state index in [1.807, 2.05) is 0 Å². The van der Waals surface area contributed by atoms with Crippen LogP contribution in [0, 0.1) is 0 Å². The molecule has 0 amide bonds. The van der Waals surface area contributed by atoms with Crippen LogP contribution in [0.15, 0.2) is 24.3 Å². The second-order valence-electron chi connectivity index (χ2n) is 5.15. The largest absolute Gasteiger partial charge is 0.416 e. The highest BCUT2D eigenvalue weighted by atomic mass is 32.2. The van der Waals surface area contributed by atoms with Crippen molar-refractivity contribution in [1.82, 2.24) is 5.43 Å². The molecule has 1 aliphatic rings. The molecule has 0 saturated carbocycles. The summed E-state index contributed by atoms with van der Waals surface area (Å²) < 4.78 is 39.5. The monoisotopic (exact) mass is 336 g/mol. The Hall–Kier alpha value is -0.370. The van der Waals surface area contributed by atoms with Crippen molar-refractivity contribution in [3.05, 3.63) is 35.4 Å². The Kier molecular flexibility index (Phi) is 5.51. The van der Waals surface area contributed by atoms with E-state index in [0.717, 1.165) is 11.8 Å². The number of rotatable bonds is 3. The predicted octanol–water partition coefficient (Wildman–Crippen LogP) is 3.84. The van der Waals surface area contributed by atoms with E-state index >= 15 is 0 Å². The molecule has 118 valence electrons. The van der Waals surface area contributed by atoms with Crippen LogP contribution in [-0.4, -0.2) is 21.5 Å². The number of alkyl halides is 3. The lowest BCUT2D eigenvalue weighted by molar-refractivity contribution is -0.138. The number of hydrazine groups is 1. The van der Waals surface area contributed by atoms with Gasteiger partial charge in [0, 0.05) is 21.5 Å². The number of thioether (sulfide) groups is 2. The molecule has 1 fully saturated rings. The highest BCUT2D eigenvalue weighted by molar-refractivity contribution is 8.07. The van der Waals surface area contributed by atoms with E-state index in [0.29, 0.717) is 10.5 Å². The number of hydrogen-bond acceptors (Lipinski definition) is 4. The molecule has 1 aliphatic heterocycles. The quantitative estimate of drug-likeness (QED) is 0.650. The maximum atomic E-state index is 13.2. The fraction of sp³-hybridized carbons (Fsp3) is 0.571. The summed E-state index contributed by atoms with van der Waals surface area (Å²) in [5.74, 6) is 6.38. The number of benzene rings is 1. The zero-order chi connectivity index (χ0) is 15.6. The van der Waals surface area contributed by atoms with Crippen LogP contribution in [0.25, 0.3) is 0 Å². The van der Waals surface area contributed by atoms with E-state index in [9.17, 15) is 13.2 Å². The van der Waals surface area contributed by atoms with Crippen molar-refractivity contribution < 1.29 is 13.2 Å². The van der Waals surface area contributed by atoms with Crippen molar-refractivity contribution in [3.63, 3.8) is 0 Å². The summed E-state index contributed by atoms with van der Waals surface area (Å²) in [5.41, 5.74) is 2.22. The van der Waals surface area contributed by atoms with Crippen LogP contribution < -0.4 is 11.3 Å². The third-order valence-electron chi connectivity index (χ3n) is 3.73. The molecule has 0 bridgehead atoms. The van der Waals surface area contributed by atoms with Gasteiger partial charge in [0.05, 0.1) is 11.6 Å². The van der Waals surface area contributed by atoms with Gasteiger partial charge in [0.15, 0.2) is 0 Å². The fourth-order valence-electron chi connectivity index (χ4n) is 2.41. The lowest BCUT2D eigenvalue weighted by Crippen LogP contribution is -2.41. The zero-order valence-electron chi connectivity index (χ0n) is 11.9. The minimum atomic E-state index is -4.36. The molecule has 1 heterocycles. The van der Waals surface area contributed by atoms with E-state index in [2.05, 4.69) is 19.3 Å².